The first-order chi connectivity index (χ1) is 11.6. The highest BCUT2D eigenvalue weighted by Crippen LogP contribution is 2.17. The van der Waals surface area contributed by atoms with Crippen molar-refractivity contribution in [3.8, 4) is 0 Å². The predicted octanol–water partition coefficient (Wildman–Crippen LogP) is 2.21. The Balaban J connectivity index is 1.90. The van der Waals surface area contributed by atoms with Crippen LogP contribution in [0.2, 0.25) is 0 Å². The van der Waals surface area contributed by atoms with Gasteiger partial charge in [-0.15, -0.1) is 0 Å². The number of nitrogens with two attached hydrogens (primary N) is 1. The lowest BCUT2D eigenvalue weighted by atomic mass is 10.2. The van der Waals surface area contributed by atoms with Gasteiger partial charge in [-0.1, -0.05) is 19.9 Å². The van der Waals surface area contributed by atoms with Crippen molar-refractivity contribution in [3.05, 3.63) is 17.8 Å². The number of aromatic amines is 1. The Hall–Kier alpha value is -2.15. The largest absolute Gasteiger partial charge is 0.387 e. The molecule has 1 aromatic heterocycles. The number of aliphatic imine (C=N–C) groups is 1. The van der Waals surface area contributed by atoms with Gasteiger partial charge in [0, 0.05) is 25.2 Å². The molecule has 1 unspecified atom stereocenters. The molecule has 24 heavy (non-hydrogen) atoms. The number of hydrogen-bond acceptors (Lipinski definition) is 4. The molecule has 1 saturated heterocycles. The molecular weight excluding hydrogens is 302 g/mol. The summed E-state index contributed by atoms with van der Waals surface area (Å²) >= 11 is 0. The van der Waals surface area contributed by atoms with Crippen LogP contribution in [0, 0.1) is 5.41 Å². The quantitative estimate of drug-likeness (QED) is 0.527. The Morgan fingerprint density at radius 2 is 2.29 bits per heavy atom. The van der Waals surface area contributed by atoms with E-state index in [0.717, 1.165) is 38.3 Å². The van der Waals surface area contributed by atoms with E-state index < -0.39 is 0 Å². The number of nitrogens with one attached hydrogen (secondary N) is 2. The third-order valence-corrected chi connectivity index (χ3v) is 4.41. The molecule has 0 amide bonds. The maximum absolute atomic E-state index is 8.31. The standard InChI is InChI=1S/C17H29N7/c1-4-7-13-10-17(22-21-13)20-15(18)11-16(19)24-9-8-14(12-24)23(5-2)6-3/h4,7,10,14,19H,5-6,8-9,11-12H2,1-3H3,(H3,18,20,21,22)/b7-4+,19-16?. The number of amidine groups is 2. The van der Waals surface area contributed by atoms with E-state index in [2.05, 4.69) is 38.8 Å². The summed E-state index contributed by atoms with van der Waals surface area (Å²) in [5, 5.41) is 15.3. The molecule has 0 radical (unpaired) electrons. The van der Waals surface area contributed by atoms with Crippen LogP contribution in [0.3, 0.4) is 0 Å². The van der Waals surface area contributed by atoms with Crippen LogP contribution in [-0.2, 0) is 0 Å². The molecule has 7 heteroatoms. The van der Waals surface area contributed by atoms with Gasteiger partial charge in [-0.25, -0.2) is 4.99 Å². The minimum absolute atomic E-state index is 0.358. The lowest BCUT2D eigenvalue weighted by molar-refractivity contribution is 0.223. The number of allylic oxidation sites excluding steroid dienone is 1. The van der Waals surface area contributed by atoms with Gasteiger partial charge in [0.1, 0.15) is 11.7 Å². The molecule has 0 spiro atoms. The zero-order valence-electron chi connectivity index (χ0n) is 14.9. The van der Waals surface area contributed by atoms with E-state index in [9.17, 15) is 0 Å². The zero-order valence-corrected chi connectivity index (χ0v) is 14.9. The van der Waals surface area contributed by atoms with Gasteiger partial charge >= 0.3 is 0 Å². The van der Waals surface area contributed by atoms with Gasteiger partial charge in [0.25, 0.3) is 0 Å². The highest BCUT2D eigenvalue weighted by molar-refractivity contribution is 6.01. The molecule has 2 rings (SSSR count). The number of nitrogens with zero attached hydrogens (tertiary/aromatic N) is 4. The summed E-state index contributed by atoms with van der Waals surface area (Å²) < 4.78 is 0. The third kappa shape index (κ3) is 4.67. The van der Waals surface area contributed by atoms with Gasteiger partial charge in [0.05, 0.1) is 12.1 Å². The molecule has 1 fully saturated rings. The Labute approximate surface area is 144 Å². The second-order valence-electron chi connectivity index (χ2n) is 6.02. The molecule has 4 N–H and O–H groups in total. The van der Waals surface area contributed by atoms with Crippen molar-refractivity contribution in [2.45, 2.75) is 39.7 Å². The van der Waals surface area contributed by atoms with Gasteiger partial charge in [0.15, 0.2) is 5.82 Å². The highest BCUT2D eigenvalue weighted by atomic mass is 15.3. The predicted molar refractivity (Wildman–Crippen MR) is 99.8 cm³/mol. The summed E-state index contributed by atoms with van der Waals surface area (Å²) in [6.45, 7) is 10.3. The summed E-state index contributed by atoms with van der Waals surface area (Å²) in [5.74, 6) is 1.51. The number of aromatic nitrogens is 2. The van der Waals surface area contributed by atoms with Crippen molar-refractivity contribution in [2.75, 3.05) is 26.2 Å². The lowest BCUT2D eigenvalue weighted by Crippen LogP contribution is -2.39. The topological polar surface area (TPSA) is 97.4 Å². The summed E-state index contributed by atoms with van der Waals surface area (Å²) in [4.78, 5) is 8.87. The molecule has 0 bridgehead atoms. The summed E-state index contributed by atoms with van der Waals surface area (Å²) in [6, 6.07) is 2.37. The van der Waals surface area contributed by atoms with Crippen molar-refractivity contribution < 1.29 is 0 Å². The molecule has 0 aliphatic carbocycles. The van der Waals surface area contributed by atoms with Crippen molar-refractivity contribution in [3.63, 3.8) is 0 Å². The number of H-pyrrole nitrogens is 1. The van der Waals surface area contributed by atoms with E-state index in [1.54, 1.807) is 0 Å². The van der Waals surface area contributed by atoms with E-state index in [-0.39, 0.29) is 0 Å². The van der Waals surface area contributed by atoms with E-state index in [0.29, 0.717) is 30.0 Å². The van der Waals surface area contributed by atoms with E-state index in [1.165, 1.54) is 0 Å². The van der Waals surface area contributed by atoms with E-state index in [4.69, 9.17) is 11.1 Å². The Morgan fingerprint density at radius 3 is 2.96 bits per heavy atom. The molecule has 1 aromatic rings. The summed E-state index contributed by atoms with van der Waals surface area (Å²) in [5.41, 5.74) is 6.89. The molecule has 132 valence electrons. The second-order valence-corrected chi connectivity index (χ2v) is 6.02. The Bertz CT molecular complexity index is 598. The SMILES string of the molecule is C/C=C/c1cc(N=C(N)CC(=N)N2CCC(N(CC)CC)C2)n[nH]1. The number of rotatable bonds is 7. The van der Waals surface area contributed by atoms with Crippen LogP contribution in [-0.4, -0.2) is 63.9 Å². The number of likely N-dealkylation sites (N-methyl/N-ethyl adjacent to an activating group) is 1. The van der Waals surface area contributed by atoms with Crippen molar-refractivity contribution in [2.24, 2.45) is 10.7 Å². The van der Waals surface area contributed by atoms with Crippen molar-refractivity contribution in [1.29, 1.82) is 5.41 Å². The molecule has 0 saturated carbocycles. The Kier molecular flexibility index (Phi) is 6.54. The fourth-order valence-corrected chi connectivity index (χ4v) is 3.14. The molecule has 7 nitrogen and oxygen atoms in total. The number of likely N-dealkylation sites (tertiary alicyclic amines) is 1. The highest BCUT2D eigenvalue weighted by Gasteiger charge is 2.27. The molecular formula is C17H29N7. The van der Waals surface area contributed by atoms with Gasteiger partial charge in [-0.3, -0.25) is 15.4 Å². The minimum Gasteiger partial charge on any atom is -0.387 e. The van der Waals surface area contributed by atoms with Crippen molar-refractivity contribution in [1.82, 2.24) is 20.0 Å². The summed E-state index contributed by atoms with van der Waals surface area (Å²) in [6.07, 6.45) is 5.31. The number of hydrogen-bond donors (Lipinski definition) is 3. The van der Waals surface area contributed by atoms with Crippen LogP contribution < -0.4 is 5.73 Å². The first-order valence-electron chi connectivity index (χ1n) is 8.64. The third-order valence-electron chi connectivity index (χ3n) is 4.41. The monoisotopic (exact) mass is 331 g/mol. The molecule has 0 aromatic carbocycles. The maximum atomic E-state index is 8.31. The normalized spacial score (nSPS) is 18.9. The molecule has 2 heterocycles. The van der Waals surface area contributed by atoms with Crippen LogP contribution >= 0.6 is 0 Å². The van der Waals surface area contributed by atoms with E-state index >= 15 is 0 Å². The fourth-order valence-electron chi connectivity index (χ4n) is 3.14. The summed E-state index contributed by atoms with van der Waals surface area (Å²) in [7, 11) is 0. The van der Waals surface area contributed by atoms with Gasteiger partial charge in [0.2, 0.25) is 0 Å². The van der Waals surface area contributed by atoms with Crippen LogP contribution in [0.4, 0.5) is 5.82 Å². The second kappa shape index (κ2) is 8.63. The minimum atomic E-state index is 0.358. The molecule has 1 aliphatic heterocycles. The Morgan fingerprint density at radius 1 is 1.54 bits per heavy atom. The zero-order chi connectivity index (χ0) is 17.5. The van der Waals surface area contributed by atoms with Gasteiger partial charge in [-0.2, -0.15) is 5.10 Å². The average molecular weight is 331 g/mol. The fraction of sp³-hybridized carbons (Fsp3) is 0.588. The first-order valence-corrected chi connectivity index (χ1v) is 8.64. The van der Waals surface area contributed by atoms with Crippen LogP contribution in [0.5, 0.6) is 0 Å². The first kappa shape index (κ1) is 18.2. The van der Waals surface area contributed by atoms with Crippen LogP contribution in [0.15, 0.2) is 17.1 Å². The lowest BCUT2D eigenvalue weighted by Gasteiger charge is -2.26. The van der Waals surface area contributed by atoms with Crippen LogP contribution in [0.25, 0.3) is 6.08 Å². The van der Waals surface area contributed by atoms with Crippen molar-refractivity contribution >= 4 is 23.6 Å². The molecule has 1 atom stereocenters. The average Bonchev–Trinajstić information content (AvgIpc) is 3.19. The maximum Gasteiger partial charge on any atom is 0.175 e. The van der Waals surface area contributed by atoms with Gasteiger partial charge in [-0.05, 0) is 32.5 Å². The van der Waals surface area contributed by atoms with Crippen LogP contribution in [0.1, 0.15) is 39.3 Å². The van der Waals surface area contributed by atoms with Gasteiger partial charge < -0.3 is 10.6 Å². The smallest absolute Gasteiger partial charge is 0.175 e. The molecule has 1 aliphatic rings. The van der Waals surface area contributed by atoms with E-state index in [1.807, 2.05) is 25.1 Å².